The van der Waals surface area contributed by atoms with E-state index in [4.69, 9.17) is 9.26 Å². The second-order valence-corrected chi connectivity index (χ2v) is 9.56. The van der Waals surface area contributed by atoms with Crippen LogP contribution >= 0.6 is 0 Å². The van der Waals surface area contributed by atoms with E-state index >= 15 is 0 Å². The molecular weight excluding hydrogens is 456 g/mol. The average Bonchev–Trinajstić information content (AvgIpc) is 3.34. The topological polar surface area (TPSA) is 105 Å². The number of phenols is 2. The van der Waals surface area contributed by atoms with Crippen LogP contribution in [0.3, 0.4) is 0 Å². The number of ether oxygens (including phenoxy) is 1. The van der Waals surface area contributed by atoms with E-state index in [1.807, 2.05) is 0 Å². The van der Waals surface area contributed by atoms with Gasteiger partial charge in [-0.05, 0) is 92.2 Å². The van der Waals surface area contributed by atoms with Crippen LogP contribution < -0.4 is 10.1 Å². The summed E-state index contributed by atoms with van der Waals surface area (Å²) < 4.78 is 11.7. The van der Waals surface area contributed by atoms with Gasteiger partial charge in [0.1, 0.15) is 22.9 Å². The molecule has 36 heavy (non-hydrogen) atoms. The van der Waals surface area contributed by atoms with E-state index in [-0.39, 0.29) is 22.7 Å². The molecule has 184 valence electrons. The van der Waals surface area contributed by atoms with Gasteiger partial charge in [0, 0.05) is 28.7 Å². The minimum Gasteiger partial charge on any atom is -0.508 e. The van der Waals surface area contributed by atoms with Crippen LogP contribution in [0.25, 0.3) is 22.6 Å². The second-order valence-electron chi connectivity index (χ2n) is 9.56. The molecule has 0 radical (unpaired) electrons. The predicted octanol–water partition coefficient (Wildman–Crippen LogP) is 5.42. The Balaban J connectivity index is 1.45. The molecule has 3 N–H and O–H groups in total. The van der Waals surface area contributed by atoms with E-state index in [9.17, 15) is 15.0 Å². The van der Waals surface area contributed by atoms with Gasteiger partial charge in [-0.2, -0.15) is 0 Å². The zero-order chi connectivity index (χ0) is 25.1. The van der Waals surface area contributed by atoms with Gasteiger partial charge in [-0.3, -0.25) is 4.79 Å². The quantitative estimate of drug-likeness (QED) is 0.301. The predicted molar refractivity (Wildman–Crippen MR) is 136 cm³/mol. The standard InChI is InChI=1S/C29H28N2O5/c1-29(15-2-16-30-17-29)18-35-24-13-7-20(8-14-24)27(34)25-26(19-3-9-22(32)10-4-19)31-36-28(25)21-5-11-23(33)12-6-21/h3-14,30,32-33H,2,15-18H2,1H3. The number of hydrogen-bond acceptors (Lipinski definition) is 7. The van der Waals surface area contributed by atoms with Crippen molar-refractivity contribution in [1.82, 2.24) is 10.5 Å². The fraction of sp³-hybridized carbons (Fsp3) is 0.241. The number of nitrogens with zero attached hydrogens (tertiary/aromatic N) is 1. The first-order chi connectivity index (χ1) is 17.4. The highest BCUT2D eigenvalue weighted by atomic mass is 16.5. The van der Waals surface area contributed by atoms with Crippen molar-refractivity contribution in [3.05, 3.63) is 83.9 Å². The molecule has 5 rings (SSSR count). The van der Waals surface area contributed by atoms with Gasteiger partial charge in [0.2, 0.25) is 0 Å². The molecule has 3 aromatic carbocycles. The maximum Gasteiger partial charge on any atom is 0.199 e. The van der Waals surface area contributed by atoms with Crippen molar-refractivity contribution >= 4 is 5.78 Å². The number of hydrogen-bond donors (Lipinski definition) is 3. The lowest BCUT2D eigenvalue weighted by Crippen LogP contribution is -2.41. The van der Waals surface area contributed by atoms with Crippen LogP contribution in [0.2, 0.25) is 0 Å². The summed E-state index contributed by atoms with van der Waals surface area (Å²) in [6, 6.07) is 19.9. The molecule has 4 aromatic rings. The first-order valence-corrected chi connectivity index (χ1v) is 12.0. The maximum absolute atomic E-state index is 13.7. The second kappa shape index (κ2) is 9.87. The Morgan fingerprint density at radius 3 is 2.22 bits per heavy atom. The van der Waals surface area contributed by atoms with E-state index < -0.39 is 0 Å². The molecule has 7 heteroatoms. The van der Waals surface area contributed by atoms with E-state index in [1.54, 1.807) is 48.5 Å². The number of rotatable bonds is 7. The summed E-state index contributed by atoms with van der Waals surface area (Å²) in [6.07, 6.45) is 2.25. The van der Waals surface area contributed by atoms with Crippen molar-refractivity contribution in [3.8, 4) is 39.8 Å². The summed E-state index contributed by atoms with van der Waals surface area (Å²) in [6.45, 7) is 4.80. The van der Waals surface area contributed by atoms with Crippen LogP contribution in [0.15, 0.2) is 77.3 Å². The molecule has 0 saturated carbocycles. The van der Waals surface area contributed by atoms with Gasteiger partial charge in [-0.15, -0.1) is 0 Å². The summed E-state index contributed by atoms with van der Waals surface area (Å²) in [7, 11) is 0. The molecule has 0 bridgehead atoms. The van der Waals surface area contributed by atoms with Crippen molar-refractivity contribution in [2.24, 2.45) is 5.41 Å². The van der Waals surface area contributed by atoms with Gasteiger partial charge in [0.15, 0.2) is 11.5 Å². The largest absolute Gasteiger partial charge is 0.508 e. The number of aromatic hydroxyl groups is 2. The van der Waals surface area contributed by atoms with Gasteiger partial charge >= 0.3 is 0 Å². The van der Waals surface area contributed by atoms with Crippen LogP contribution in [0, 0.1) is 5.41 Å². The zero-order valence-corrected chi connectivity index (χ0v) is 20.0. The van der Waals surface area contributed by atoms with Crippen LogP contribution in [0.4, 0.5) is 0 Å². The van der Waals surface area contributed by atoms with E-state index in [0.29, 0.717) is 46.1 Å². The number of nitrogens with one attached hydrogen (secondary N) is 1. The lowest BCUT2D eigenvalue weighted by atomic mass is 9.84. The van der Waals surface area contributed by atoms with Gasteiger partial charge < -0.3 is 24.8 Å². The Labute approximate surface area is 209 Å². The summed E-state index contributed by atoms with van der Waals surface area (Å²) in [5.74, 6) is 0.986. The van der Waals surface area contributed by atoms with Gasteiger partial charge in [0.25, 0.3) is 0 Å². The van der Waals surface area contributed by atoms with Crippen LogP contribution in [0.1, 0.15) is 35.7 Å². The molecule has 1 saturated heterocycles. The molecule has 1 aliphatic rings. The van der Waals surface area contributed by atoms with Crippen molar-refractivity contribution in [3.63, 3.8) is 0 Å². The molecule has 0 spiro atoms. The molecular formula is C29H28N2O5. The van der Waals surface area contributed by atoms with Crippen LogP contribution in [-0.2, 0) is 0 Å². The summed E-state index contributed by atoms with van der Waals surface area (Å²) >= 11 is 0. The van der Waals surface area contributed by atoms with Crippen molar-refractivity contribution in [1.29, 1.82) is 0 Å². The number of phenolic OH excluding ortho intramolecular Hbond substituents is 2. The normalized spacial score (nSPS) is 17.6. The Morgan fingerprint density at radius 2 is 1.61 bits per heavy atom. The molecule has 0 aliphatic carbocycles. The Morgan fingerprint density at radius 1 is 0.972 bits per heavy atom. The van der Waals surface area contributed by atoms with Crippen LogP contribution in [0.5, 0.6) is 17.2 Å². The van der Waals surface area contributed by atoms with E-state index in [0.717, 1.165) is 25.9 Å². The highest BCUT2D eigenvalue weighted by Gasteiger charge is 2.28. The molecule has 1 atom stereocenters. The maximum atomic E-state index is 13.7. The fourth-order valence-electron chi connectivity index (χ4n) is 4.47. The third kappa shape index (κ3) is 4.97. The molecule has 1 fully saturated rings. The Hall–Kier alpha value is -4.10. The Bertz CT molecular complexity index is 1270. The summed E-state index contributed by atoms with van der Waals surface area (Å²) in [5.41, 5.74) is 2.49. The highest BCUT2D eigenvalue weighted by molar-refractivity contribution is 6.15. The summed E-state index contributed by atoms with van der Waals surface area (Å²) in [5, 5.41) is 27.0. The first kappa shape index (κ1) is 23.6. The molecule has 1 unspecified atom stereocenters. The Kier molecular flexibility index (Phi) is 6.48. The number of carbonyl (C=O) groups is 1. The SMILES string of the molecule is CC1(COc2ccc(C(=O)c3c(-c4ccc(O)cc4)noc3-c3ccc(O)cc3)cc2)CCCNC1. The number of carbonyl (C=O) groups excluding carboxylic acids is 1. The minimum absolute atomic E-state index is 0.0905. The molecule has 2 heterocycles. The van der Waals surface area contributed by atoms with E-state index in [2.05, 4.69) is 17.4 Å². The van der Waals surface area contributed by atoms with Gasteiger partial charge in [0.05, 0.1) is 12.2 Å². The lowest BCUT2D eigenvalue weighted by molar-refractivity contribution is 0.103. The average molecular weight is 485 g/mol. The number of ketones is 1. The summed E-state index contributed by atoms with van der Waals surface area (Å²) in [4.78, 5) is 13.7. The molecule has 1 aliphatic heterocycles. The number of aromatic nitrogens is 1. The molecule has 7 nitrogen and oxygen atoms in total. The smallest absolute Gasteiger partial charge is 0.199 e. The number of piperidine rings is 1. The zero-order valence-electron chi connectivity index (χ0n) is 20.0. The van der Waals surface area contributed by atoms with Gasteiger partial charge in [-0.1, -0.05) is 12.1 Å². The third-order valence-electron chi connectivity index (χ3n) is 6.58. The van der Waals surface area contributed by atoms with Crippen molar-refractivity contribution in [2.75, 3.05) is 19.7 Å². The highest BCUT2D eigenvalue weighted by Crippen LogP contribution is 2.35. The number of benzene rings is 3. The van der Waals surface area contributed by atoms with Crippen molar-refractivity contribution in [2.45, 2.75) is 19.8 Å². The van der Waals surface area contributed by atoms with Crippen LogP contribution in [-0.4, -0.2) is 40.8 Å². The van der Waals surface area contributed by atoms with E-state index in [1.165, 1.54) is 24.3 Å². The third-order valence-corrected chi connectivity index (χ3v) is 6.58. The van der Waals surface area contributed by atoms with Crippen molar-refractivity contribution < 1.29 is 24.3 Å². The molecule has 0 amide bonds. The first-order valence-electron chi connectivity index (χ1n) is 12.0. The minimum atomic E-state index is -0.252. The fourth-order valence-corrected chi connectivity index (χ4v) is 4.47. The molecule has 1 aromatic heterocycles. The monoisotopic (exact) mass is 484 g/mol. The lowest BCUT2D eigenvalue weighted by Gasteiger charge is -2.33. The van der Waals surface area contributed by atoms with Gasteiger partial charge in [-0.25, -0.2) is 0 Å².